The first-order valence-electron chi connectivity index (χ1n) is 9.61. The van der Waals surface area contributed by atoms with Crippen molar-refractivity contribution in [1.82, 2.24) is 0 Å². The van der Waals surface area contributed by atoms with Crippen LogP contribution in [0.3, 0.4) is 0 Å². The van der Waals surface area contributed by atoms with Crippen molar-refractivity contribution < 1.29 is 58.2 Å². The van der Waals surface area contributed by atoms with Crippen LogP contribution >= 0.6 is 0 Å². The Balaban J connectivity index is 0.00000169. The van der Waals surface area contributed by atoms with E-state index in [1.165, 1.54) is 67.7 Å². The summed E-state index contributed by atoms with van der Waals surface area (Å²) < 4.78 is 0. The third-order valence-electron chi connectivity index (χ3n) is 6.41. The first-order valence-corrected chi connectivity index (χ1v) is 9.61. The van der Waals surface area contributed by atoms with Gasteiger partial charge in [-0.25, -0.2) is 0 Å². The minimum absolute atomic E-state index is 0. The molecule has 0 bridgehead atoms. The van der Waals surface area contributed by atoms with Gasteiger partial charge < -0.3 is 6.42 Å². The molecule has 2 aromatic rings. The van der Waals surface area contributed by atoms with E-state index in [4.69, 9.17) is 0 Å². The van der Waals surface area contributed by atoms with Gasteiger partial charge in [-0.2, -0.15) is 12.8 Å². The van der Waals surface area contributed by atoms with Crippen molar-refractivity contribution in [3.8, 4) is 0 Å². The second-order valence-corrected chi connectivity index (χ2v) is 7.93. The van der Waals surface area contributed by atoms with Crippen molar-refractivity contribution >= 4 is 10.8 Å². The zero-order valence-corrected chi connectivity index (χ0v) is 20.3. The van der Waals surface area contributed by atoms with Crippen LogP contribution in [0.15, 0.2) is 36.4 Å². The van der Waals surface area contributed by atoms with Gasteiger partial charge in [0.15, 0.2) is 0 Å². The van der Waals surface area contributed by atoms with Crippen LogP contribution in [0.5, 0.6) is 0 Å². The average Bonchev–Trinajstić information content (AvgIpc) is 2.62. The molecule has 0 aromatic heterocycles. The Bertz CT molecular complexity index is 661. The Morgan fingerprint density at radius 2 is 1.38 bits per heavy atom. The van der Waals surface area contributed by atoms with E-state index in [-0.39, 0.29) is 58.2 Å². The topological polar surface area (TPSA) is 0 Å². The van der Waals surface area contributed by atoms with Gasteiger partial charge >= 0.3 is 58.2 Å². The molecule has 0 spiro atoms. The molecule has 2 aromatic carbocycles. The molecule has 0 aliphatic heterocycles. The second kappa shape index (κ2) is 8.93. The standard InChI is InChI=1S/C23H29.Rb/c1-17-7-8-23-16-22(14-13-21(23)15-17)20-11-9-19(10-12-20)18-5-3-2-4-6-18;/h2,7-8,13-16,18-20H,3-6,9-12H2,1H3;/q-1;+1. The van der Waals surface area contributed by atoms with Crippen molar-refractivity contribution in [2.75, 3.05) is 0 Å². The van der Waals surface area contributed by atoms with E-state index in [1.54, 1.807) is 5.56 Å². The van der Waals surface area contributed by atoms with Crippen LogP contribution in [0.4, 0.5) is 0 Å². The average molecular weight is 391 g/mol. The molecular weight excluding hydrogens is 362 g/mol. The molecular formula is C23H29Rb. The van der Waals surface area contributed by atoms with Gasteiger partial charge in [0, 0.05) is 0 Å². The second-order valence-electron chi connectivity index (χ2n) is 7.93. The van der Waals surface area contributed by atoms with Crippen LogP contribution in [0.1, 0.15) is 68.4 Å². The molecule has 2 saturated carbocycles. The Labute approximate surface area is 196 Å². The summed E-state index contributed by atoms with van der Waals surface area (Å²) in [7, 11) is 0. The predicted molar refractivity (Wildman–Crippen MR) is 99.6 cm³/mol. The quantitative estimate of drug-likeness (QED) is 0.684. The van der Waals surface area contributed by atoms with Gasteiger partial charge in [-0.15, -0.1) is 0 Å². The first kappa shape index (κ1) is 19.3. The molecule has 0 radical (unpaired) electrons. The van der Waals surface area contributed by atoms with Gasteiger partial charge in [0.25, 0.3) is 0 Å². The van der Waals surface area contributed by atoms with E-state index < -0.39 is 0 Å². The van der Waals surface area contributed by atoms with Crippen molar-refractivity contribution in [1.29, 1.82) is 0 Å². The van der Waals surface area contributed by atoms with E-state index in [0.717, 1.165) is 17.8 Å². The maximum Gasteiger partial charge on any atom is 1.00 e. The number of rotatable bonds is 2. The fraction of sp³-hybridized carbons (Fsp3) is 0.522. The summed E-state index contributed by atoms with van der Waals surface area (Å²) in [6.07, 6.45) is 13.9. The third-order valence-corrected chi connectivity index (χ3v) is 6.41. The number of aryl methyl sites for hydroxylation is 1. The van der Waals surface area contributed by atoms with Crippen LogP contribution in [0, 0.1) is 25.2 Å². The molecule has 1 heteroatoms. The fourth-order valence-corrected chi connectivity index (χ4v) is 4.99. The minimum atomic E-state index is 0. The largest absolute Gasteiger partial charge is 1.00 e. The van der Waals surface area contributed by atoms with Crippen molar-refractivity contribution in [2.45, 2.75) is 64.2 Å². The summed E-state index contributed by atoms with van der Waals surface area (Å²) >= 11 is 0. The van der Waals surface area contributed by atoms with Crippen molar-refractivity contribution in [2.24, 2.45) is 11.8 Å². The molecule has 0 N–H and O–H groups in total. The molecule has 0 atom stereocenters. The summed E-state index contributed by atoms with van der Waals surface area (Å²) in [6.45, 7) is 2.18. The van der Waals surface area contributed by atoms with Crippen LogP contribution in [0.25, 0.3) is 10.8 Å². The molecule has 0 unspecified atom stereocenters. The zero-order valence-electron chi connectivity index (χ0n) is 15.4. The van der Waals surface area contributed by atoms with E-state index in [9.17, 15) is 0 Å². The van der Waals surface area contributed by atoms with Gasteiger partial charge in [-0.05, 0) is 66.7 Å². The minimum Gasteiger partial charge on any atom is -0.328 e. The molecule has 2 aliphatic rings. The molecule has 4 rings (SSSR count). The Morgan fingerprint density at radius 1 is 0.750 bits per heavy atom. The monoisotopic (exact) mass is 390 g/mol. The van der Waals surface area contributed by atoms with Gasteiger partial charge in [-0.1, -0.05) is 54.8 Å². The molecule has 0 saturated heterocycles. The summed E-state index contributed by atoms with van der Waals surface area (Å²) in [5, 5.41) is 2.80. The number of hydrogen-bond acceptors (Lipinski definition) is 0. The summed E-state index contributed by atoms with van der Waals surface area (Å²) in [5.74, 6) is 2.84. The Kier molecular flexibility index (Phi) is 7.17. The summed E-state index contributed by atoms with van der Waals surface area (Å²) in [4.78, 5) is 0. The van der Waals surface area contributed by atoms with Gasteiger partial charge in [0.1, 0.15) is 0 Å². The van der Waals surface area contributed by atoms with Gasteiger partial charge in [0.05, 0.1) is 0 Å². The maximum absolute atomic E-state index is 2.50. The molecule has 24 heavy (non-hydrogen) atoms. The number of hydrogen-bond donors (Lipinski definition) is 0. The van der Waals surface area contributed by atoms with E-state index >= 15 is 0 Å². The van der Waals surface area contributed by atoms with E-state index in [1.807, 2.05) is 0 Å². The van der Waals surface area contributed by atoms with E-state index in [2.05, 4.69) is 49.7 Å². The Morgan fingerprint density at radius 3 is 2.12 bits per heavy atom. The van der Waals surface area contributed by atoms with Crippen LogP contribution in [0.2, 0.25) is 0 Å². The molecule has 2 fully saturated rings. The number of fused-ring (bicyclic) bond motifs is 1. The molecule has 122 valence electrons. The van der Waals surface area contributed by atoms with Crippen LogP contribution in [-0.4, -0.2) is 0 Å². The number of benzene rings is 2. The normalized spacial score (nSPS) is 25.4. The summed E-state index contributed by atoms with van der Waals surface area (Å²) in [6, 6.07) is 14.0. The van der Waals surface area contributed by atoms with Gasteiger partial charge in [-0.3, -0.25) is 0 Å². The SMILES string of the molecule is Cc1ccc2cc(C3CCC(C4CC[CH-]CC4)CC3)ccc2c1.[Rb+]. The first-order chi connectivity index (χ1) is 11.3. The maximum atomic E-state index is 2.50. The molecule has 0 heterocycles. The van der Waals surface area contributed by atoms with Crippen molar-refractivity contribution in [3.05, 3.63) is 53.9 Å². The Hall–Kier alpha value is 0.505. The van der Waals surface area contributed by atoms with Crippen LogP contribution in [-0.2, 0) is 0 Å². The van der Waals surface area contributed by atoms with E-state index in [0.29, 0.717) is 0 Å². The van der Waals surface area contributed by atoms with Gasteiger partial charge in [0.2, 0.25) is 0 Å². The summed E-state index contributed by atoms with van der Waals surface area (Å²) in [5.41, 5.74) is 2.94. The predicted octanol–water partition coefficient (Wildman–Crippen LogP) is 3.82. The fourth-order valence-electron chi connectivity index (χ4n) is 4.99. The molecule has 2 aliphatic carbocycles. The third kappa shape index (κ3) is 4.42. The molecule has 0 amide bonds. The van der Waals surface area contributed by atoms with Crippen molar-refractivity contribution in [3.63, 3.8) is 0 Å². The smallest absolute Gasteiger partial charge is 0.328 e. The molecule has 0 nitrogen and oxygen atoms in total. The van der Waals surface area contributed by atoms with Crippen LogP contribution < -0.4 is 58.2 Å². The zero-order chi connectivity index (χ0) is 15.6.